The van der Waals surface area contributed by atoms with Crippen LogP contribution in [-0.2, 0) is 14.3 Å². The van der Waals surface area contributed by atoms with Gasteiger partial charge in [0, 0.05) is 17.8 Å². The molecule has 0 spiro atoms. The summed E-state index contributed by atoms with van der Waals surface area (Å²) in [6, 6.07) is 17.4. The summed E-state index contributed by atoms with van der Waals surface area (Å²) in [5.74, 6) is -0.565. The molecular weight excluding hydrogens is 544 g/mol. The number of esters is 2. The van der Waals surface area contributed by atoms with E-state index in [0.29, 0.717) is 17.6 Å². The van der Waals surface area contributed by atoms with Crippen molar-refractivity contribution in [3.63, 3.8) is 0 Å². The topological polar surface area (TPSA) is 104 Å². The summed E-state index contributed by atoms with van der Waals surface area (Å²) in [7, 11) is 1.40. The zero-order valence-corrected chi connectivity index (χ0v) is 25.3. The van der Waals surface area contributed by atoms with Gasteiger partial charge >= 0.3 is 11.9 Å². The second-order valence-electron chi connectivity index (χ2n) is 11.6. The molecule has 1 atom stereocenters. The number of rotatable bonds is 11. The fourth-order valence-electron chi connectivity index (χ4n) is 4.93. The molecule has 0 bridgehead atoms. The van der Waals surface area contributed by atoms with Crippen molar-refractivity contribution < 1.29 is 28.6 Å². The molecule has 5 rings (SSSR count). The van der Waals surface area contributed by atoms with Gasteiger partial charge in [-0.2, -0.15) is 0 Å². The number of hydrogen-bond donors (Lipinski definition) is 1. The summed E-state index contributed by atoms with van der Waals surface area (Å²) in [4.78, 5) is 42.9. The molecule has 224 valence electrons. The van der Waals surface area contributed by atoms with Gasteiger partial charge in [-0.15, -0.1) is 0 Å². The van der Waals surface area contributed by atoms with E-state index in [9.17, 15) is 14.4 Å². The van der Waals surface area contributed by atoms with Crippen LogP contribution in [-0.4, -0.2) is 36.0 Å². The molecule has 0 saturated heterocycles. The van der Waals surface area contributed by atoms with Crippen LogP contribution in [0.4, 0.5) is 0 Å². The highest BCUT2D eigenvalue weighted by Crippen LogP contribution is 2.42. The van der Waals surface area contributed by atoms with Gasteiger partial charge in [0.1, 0.15) is 11.8 Å². The maximum Gasteiger partial charge on any atom is 0.333 e. The number of allylic oxidation sites excluding steroid dienone is 1. The summed E-state index contributed by atoms with van der Waals surface area (Å²) >= 11 is 0. The number of pyridine rings is 1. The third kappa shape index (κ3) is 7.13. The Kier molecular flexibility index (Phi) is 8.94. The number of carbonyl (C=O) groups excluding carboxylic acids is 3. The van der Waals surface area contributed by atoms with E-state index in [2.05, 4.69) is 58.8 Å². The van der Waals surface area contributed by atoms with Gasteiger partial charge in [0.15, 0.2) is 11.4 Å². The molecule has 0 unspecified atom stereocenters. The fourth-order valence-corrected chi connectivity index (χ4v) is 4.93. The number of benzene rings is 2. The summed E-state index contributed by atoms with van der Waals surface area (Å²) in [5.41, 5.74) is 5.18. The molecule has 1 aromatic heterocycles. The number of hydrogen-bond acceptors (Lipinski definition) is 7. The highest BCUT2D eigenvalue weighted by molar-refractivity contribution is 5.99. The molecule has 8 heteroatoms. The van der Waals surface area contributed by atoms with E-state index in [-0.39, 0.29) is 17.2 Å². The van der Waals surface area contributed by atoms with Crippen molar-refractivity contribution in [2.24, 2.45) is 5.92 Å². The first-order valence-electron chi connectivity index (χ1n) is 14.8. The Morgan fingerprint density at radius 2 is 1.35 bits per heavy atom. The van der Waals surface area contributed by atoms with Crippen molar-refractivity contribution in [3.05, 3.63) is 94.5 Å². The van der Waals surface area contributed by atoms with Crippen LogP contribution in [0.5, 0.6) is 11.5 Å². The number of nitrogens with zero attached hydrogens (tertiary/aromatic N) is 1. The third-order valence-electron chi connectivity index (χ3n) is 7.78. The SMILES string of the molecule is COc1ccnc(C(=O)N[C@@H](C)C(=O)OC(C)=C(c2ccc(C3CC3)cc2)c2ccc(C3CC3)cc2)c1OC(=O)C(C)C. The fraction of sp³-hybridized carbons (Fsp3) is 0.371. The molecule has 1 heterocycles. The number of methoxy groups -OCH3 is 1. The molecule has 3 aromatic rings. The molecule has 1 N–H and O–H groups in total. The molecule has 8 nitrogen and oxygen atoms in total. The van der Waals surface area contributed by atoms with Crippen molar-refractivity contribution in [1.29, 1.82) is 0 Å². The van der Waals surface area contributed by atoms with Crippen LogP contribution >= 0.6 is 0 Å². The van der Waals surface area contributed by atoms with Crippen molar-refractivity contribution in [2.75, 3.05) is 7.11 Å². The zero-order chi connectivity index (χ0) is 30.7. The van der Waals surface area contributed by atoms with Crippen LogP contribution < -0.4 is 14.8 Å². The van der Waals surface area contributed by atoms with Crippen LogP contribution in [0.3, 0.4) is 0 Å². The van der Waals surface area contributed by atoms with Gasteiger partial charge in [0.25, 0.3) is 5.91 Å². The minimum Gasteiger partial charge on any atom is -0.493 e. The number of aromatic nitrogens is 1. The van der Waals surface area contributed by atoms with Gasteiger partial charge < -0.3 is 19.5 Å². The maximum absolute atomic E-state index is 13.3. The molecule has 2 aliphatic carbocycles. The predicted molar refractivity (Wildman–Crippen MR) is 163 cm³/mol. The van der Waals surface area contributed by atoms with Crippen LogP contribution in [0.15, 0.2) is 66.6 Å². The monoisotopic (exact) mass is 582 g/mol. The van der Waals surface area contributed by atoms with E-state index < -0.39 is 29.8 Å². The first kappa shape index (κ1) is 30.0. The Labute approximate surface area is 252 Å². The molecule has 2 saturated carbocycles. The Balaban J connectivity index is 1.37. The van der Waals surface area contributed by atoms with Crippen molar-refractivity contribution >= 4 is 23.4 Å². The van der Waals surface area contributed by atoms with Gasteiger partial charge in [0.2, 0.25) is 5.75 Å². The lowest BCUT2D eigenvalue weighted by Gasteiger charge is -2.18. The lowest BCUT2D eigenvalue weighted by atomic mass is 9.94. The van der Waals surface area contributed by atoms with E-state index >= 15 is 0 Å². The van der Waals surface area contributed by atoms with E-state index in [0.717, 1.165) is 16.7 Å². The molecule has 2 aromatic carbocycles. The molecule has 0 aliphatic heterocycles. The Morgan fingerprint density at radius 1 is 0.814 bits per heavy atom. The van der Waals surface area contributed by atoms with Crippen molar-refractivity contribution in [2.45, 2.75) is 71.3 Å². The Hall–Kier alpha value is -4.46. The standard InChI is InChI=1S/C35H38N2O6/c1-20(2)34(39)43-32-29(41-5)18-19-36-31(32)33(38)37-21(3)35(40)42-22(4)30(27-14-10-25(11-15-27)23-6-7-23)28-16-12-26(13-17-28)24-8-9-24/h10-21,23-24H,6-9H2,1-5H3,(H,37,38)/t21-/m0/s1. The third-order valence-corrected chi connectivity index (χ3v) is 7.78. The number of amides is 1. The first-order chi connectivity index (χ1) is 20.7. The van der Waals surface area contributed by atoms with Gasteiger partial charge in [0.05, 0.1) is 13.0 Å². The van der Waals surface area contributed by atoms with E-state index in [4.69, 9.17) is 14.2 Å². The van der Waals surface area contributed by atoms with Gasteiger partial charge in [-0.3, -0.25) is 9.59 Å². The van der Waals surface area contributed by atoms with Crippen LogP contribution in [0.25, 0.3) is 5.57 Å². The average Bonchev–Trinajstić information content (AvgIpc) is 3.92. The Morgan fingerprint density at radius 3 is 1.81 bits per heavy atom. The number of ether oxygens (including phenoxy) is 3. The van der Waals surface area contributed by atoms with E-state index in [1.165, 1.54) is 63.1 Å². The average molecular weight is 583 g/mol. The normalized spacial score (nSPS) is 14.9. The second-order valence-corrected chi connectivity index (χ2v) is 11.6. The molecule has 2 fully saturated rings. The number of carbonyl (C=O) groups is 3. The number of nitrogens with one attached hydrogen (secondary N) is 1. The summed E-state index contributed by atoms with van der Waals surface area (Å²) in [6.45, 7) is 6.65. The quantitative estimate of drug-likeness (QED) is 0.202. The highest BCUT2D eigenvalue weighted by Gasteiger charge is 2.28. The zero-order valence-electron chi connectivity index (χ0n) is 25.3. The first-order valence-corrected chi connectivity index (χ1v) is 14.8. The van der Waals surface area contributed by atoms with E-state index in [1.807, 2.05) is 0 Å². The minimum atomic E-state index is -1.03. The van der Waals surface area contributed by atoms with Gasteiger partial charge in [-0.05, 0) is 73.6 Å². The Bertz CT molecular complexity index is 1480. The summed E-state index contributed by atoms with van der Waals surface area (Å²) < 4.78 is 16.6. The summed E-state index contributed by atoms with van der Waals surface area (Å²) in [6.07, 6.45) is 6.25. The molecule has 1 amide bonds. The highest BCUT2D eigenvalue weighted by atomic mass is 16.6. The lowest BCUT2D eigenvalue weighted by Crippen LogP contribution is -2.40. The molecule has 0 radical (unpaired) electrons. The van der Waals surface area contributed by atoms with Crippen molar-refractivity contribution in [3.8, 4) is 11.5 Å². The van der Waals surface area contributed by atoms with Gasteiger partial charge in [-0.25, -0.2) is 9.78 Å². The van der Waals surface area contributed by atoms with Gasteiger partial charge in [-0.1, -0.05) is 62.4 Å². The van der Waals surface area contributed by atoms with Crippen LogP contribution in [0, 0.1) is 5.92 Å². The second kappa shape index (κ2) is 12.8. The predicted octanol–water partition coefficient (Wildman–Crippen LogP) is 6.55. The van der Waals surface area contributed by atoms with Crippen molar-refractivity contribution in [1.82, 2.24) is 10.3 Å². The molecule has 2 aliphatic rings. The largest absolute Gasteiger partial charge is 0.493 e. The van der Waals surface area contributed by atoms with Crippen LogP contribution in [0.2, 0.25) is 0 Å². The lowest BCUT2D eigenvalue weighted by molar-refractivity contribution is -0.141. The van der Waals surface area contributed by atoms with Crippen LogP contribution in [0.1, 0.15) is 98.0 Å². The maximum atomic E-state index is 13.3. The molecular formula is C35H38N2O6. The minimum absolute atomic E-state index is 0.107. The smallest absolute Gasteiger partial charge is 0.333 e. The summed E-state index contributed by atoms with van der Waals surface area (Å²) in [5, 5.41) is 2.62. The molecule has 43 heavy (non-hydrogen) atoms. The van der Waals surface area contributed by atoms with E-state index in [1.54, 1.807) is 20.8 Å².